The van der Waals surface area contributed by atoms with Crippen LogP contribution in [0.15, 0.2) is 65.8 Å². The molecule has 0 saturated heterocycles. The number of hydrogen-bond donors (Lipinski definition) is 2. The molecule has 3 amide bonds. The van der Waals surface area contributed by atoms with Crippen molar-refractivity contribution in [3.63, 3.8) is 0 Å². The minimum absolute atomic E-state index is 0.0185. The zero-order valence-electron chi connectivity index (χ0n) is 19.4. The number of hydrogen-bond acceptors (Lipinski definition) is 6. The van der Waals surface area contributed by atoms with Crippen molar-refractivity contribution in [3.8, 4) is 22.5 Å². The molecule has 8 heteroatoms. The molecule has 0 bridgehead atoms. The van der Waals surface area contributed by atoms with Gasteiger partial charge < -0.3 is 5.32 Å². The third kappa shape index (κ3) is 5.99. The fourth-order valence-corrected chi connectivity index (χ4v) is 4.83. The van der Waals surface area contributed by atoms with Gasteiger partial charge in [0.15, 0.2) is 0 Å². The standard InChI is InChI=1S/C26H29N5O2S/c1-17-10-9-15-21(18(17)2)27-25(33)28-22(32)16-34-26-29-23(19-11-5-3-6-12-19)24(30-31-26)20-13-7-4-8-14-20/h3-8,11-14,17-18,21H,9-10,15-16H2,1-2H3,(H2,27,28,32,33)/t17-,18+,21+/m1/s1. The van der Waals surface area contributed by atoms with Gasteiger partial charge in [-0.05, 0) is 18.3 Å². The molecular formula is C26H29N5O2S. The van der Waals surface area contributed by atoms with Crippen LogP contribution in [0, 0.1) is 11.8 Å². The van der Waals surface area contributed by atoms with E-state index in [9.17, 15) is 9.59 Å². The van der Waals surface area contributed by atoms with Gasteiger partial charge in [0, 0.05) is 17.2 Å². The summed E-state index contributed by atoms with van der Waals surface area (Å²) in [7, 11) is 0. The summed E-state index contributed by atoms with van der Waals surface area (Å²) >= 11 is 1.15. The van der Waals surface area contributed by atoms with Gasteiger partial charge in [-0.1, -0.05) is 99.1 Å². The van der Waals surface area contributed by atoms with Gasteiger partial charge >= 0.3 is 6.03 Å². The van der Waals surface area contributed by atoms with Gasteiger partial charge in [0.2, 0.25) is 11.1 Å². The Hall–Kier alpha value is -3.26. The van der Waals surface area contributed by atoms with E-state index in [2.05, 4.69) is 34.7 Å². The Morgan fingerprint density at radius 1 is 0.912 bits per heavy atom. The minimum Gasteiger partial charge on any atom is -0.335 e. The highest BCUT2D eigenvalue weighted by atomic mass is 32.2. The van der Waals surface area contributed by atoms with Gasteiger partial charge in [0.05, 0.1) is 5.75 Å². The van der Waals surface area contributed by atoms with E-state index in [1.165, 1.54) is 6.42 Å². The Bertz CT molecular complexity index is 1130. The number of nitrogens with one attached hydrogen (secondary N) is 2. The van der Waals surface area contributed by atoms with Crippen LogP contribution in [0.25, 0.3) is 22.5 Å². The molecule has 176 valence electrons. The van der Waals surface area contributed by atoms with Crippen molar-refractivity contribution in [3.05, 3.63) is 60.7 Å². The largest absolute Gasteiger partial charge is 0.335 e. The Kier molecular flexibility index (Phi) is 7.90. The summed E-state index contributed by atoms with van der Waals surface area (Å²) < 4.78 is 0. The summed E-state index contributed by atoms with van der Waals surface area (Å²) in [6.45, 7) is 4.36. The number of imide groups is 1. The molecule has 0 unspecified atom stereocenters. The number of urea groups is 1. The maximum absolute atomic E-state index is 12.4. The second-order valence-corrected chi connectivity index (χ2v) is 9.65. The Labute approximate surface area is 204 Å². The molecule has 3 atom stereocenters. The highest BCUT2D eigenvalue weighted by molar-refractivity contribution is 7.99. The molecule has 7 nitrogen and oxygen atoms in total. The normalized spacial score (nSPS) is 19.9. The summed E-state index contributed by atoms with van der Waals surface area (Å²) in [5.41, 5.74) is 3.20. The third-order valence-electron chi connectivity index (χ3n) is 6.37. The molecule has 1 saturated carbocycles. The number of carbonyl (C=O) groups is 2. The SMILES string of the molecule is C[C@H]1[C@H](C)CCC[C@@H]1NC(=O)NC(=O)CSc1nnc(-c2ccccc2)c(-c2ccccc2)n1. The Morgan fingerprint density at radius 2 is 1.56 bits per heavy atom. The predicted molar refractivity (Wildman–Crippen MR) is 134 cm³/mol. The second kappa shape index (κ2) is 11.2. The van der Waals surface area contributed by atoms with E-state index < -0.39 is 11.9 Å². The quantitative estimate of drug-likeness (QED) is 0.490. The molecule has 1 aromatic heterocycles. The number of nitrogens with zero attached hydrogens (tertiary/aromatic N) is 3. The Morgan fingerprint density at radius 3 is 2.24 bits per heavy atom. The van der Waals surface area contributed by atoms with Crippen molar-refractivity contribution >= 4 is 23.7 Å². The number of amides is 3. The fraction of sp³-hybridized carbons (Fsp3) is 0.346. The minimum atomic E-state index is -0.444. The zero-order chi connectivity index (χ0) is 23.9. The molecule has 2 aromatic carbocycles. The number of thioether (sulfide) groups is 1. The lowest BCUT2D eigenvalue weighted by Gasteiger charge is -2.34. The molecule has 1 fully saturated rings. The van der Waals surface area contributed by atoms with Crippen molar-refractivity contribution in [2.24, 2.45) is 11.8 Å². The lowest BCUT2D eigenvalue weighted by atomic mass is 9.78. The van der Waals surface area contributed by atoms with Gasteiger partial charge in [-0.25, -0.2) is 9.78 Å². The van der Waals surface area contributed by atoms with Crippen LogP contribution in [0.3, 0.4) is 0 Å². The van der Waals surface area contributed by atoms with E-state index in [1.54, 1.807) is 0 Å². The number of benzene rings is 2. The lowest BCUT2D eigenvalue weighted by molar-refractivity contribution is -0.117. The van der Waals surface area contributed by atoms with Crippen molar-refractivity contribution < 1.29 is 9.59 Å². The van der Waals surface area contributed by atoms with Crippen LogP contribution in [-0.4, -0.2) is 38.9 Å². The summed E-state index contributed by atoms with van der Waals surface area (Å²) in [4.78, 5) is 29.4. The summed E-state index contributed by atoms with van der Waals surface area (Å²) in [5.74, 6) is 0.580. The van der Waals surface area contributed by atoms with Crippen LogP contribution in [0.2, 0.25) is 0 Å². The predicted octanol–water partition coefficient (Wildman–Crippen LogP) is 4.95. The third-order valence-corrected chi connectivity index (χ3v) is 7.21. The zero-order valence-corrected chi connectivity index (χ0v) is 20.2. The Balaban J connectivity index is 1.41. The van der Waals surface area contributed by atoms with Crippen LogP contribution in [0.5, 0.6) is 0 Å². The summed E-state index contributed by atoms with van der Waals surface area (Å²) in [5, 5.41) is 14.4. The summed E-state index contributed by atoms with van der Waals surface area (Å²) in [6.07, 6.45) is 3.21. The summed E-state index contributed by atoms with van der Waals surface area (Å²) in [6, 6.07) is 19.2. The number of aromatic nitrogens is 3. The van der Waals surface area contributed by atoms with Gasteiger partial charge in [-0.15, -0.1) is 10.2 Å². The van der Waals surface area contributed by atoms with E-state index in [1.807, 2.05) is 60.7 Å². The average Bonchev–Trinajstić information content (AvgIpc) is 2.86. The maximum atomic E-state index is 12.4. The first-order chi connectivity index (χ1) is 16.5. The molecule has 34 heavy (non-hydrogen) atoms. The van der Waals surface area contributed by atoms with Crippen LogP contribution >= 0.6 is 11.8 Å². The van der Waals surface area contributed by atoms with Crippen LogP contribution in [-0.2, 0) is 4.79 Å². The number of rotatable bonds is 6. The molecule has 0 radical (unpaired) electrons. The maximum Gasteiger partial charge on any atom is 0.321 e. The molecule has 1 aliphatic carbocycles. The highest BCUT2D eigenvalue weighted by Crippen LogP contribution is 2.30. The molecular weight excluding hydrogens is 446 g/mol. The molecule has 4 rings (SSSR count). The molecule has 2 N–H and O–H groups in total. The van der Waals surface area contributed by atoms with E-state index in [-0.39, 0.29) is 11.8 Å². The van der Waals surface area contributed by atoms with E-state index in [0.29, 0.717) is 28.4 Å². The molecule has 1 aliphatic rings. The first-order valence-electron chi connectivity index (χ1n) is 11.6. The van der Waals surface area contributed by atoms with E-state index in [0.717, 1.165) is 35.7 Å². The van der Waals surface area contributed by atoms with Crippen molar-refractivity contribution in [2.45, 2.75) is 44.3 Å². The first kappa shape index (κ1) is 23.9. The van der Waals surface area contributed by atoms with Crippen molar-refractivity contribution in [1.82, 2.24) is 25.8 Å². The van der Waals surface area contributed by atoms with E-state index >= 15 is 0 Å². The molecule has 0 aliphatic heterocycles. The molecule has 0 spiro atoms. The highest BCUT2D eigenvalue weighted by Gasteiger charge is 2.28. The van der Waals surface area contributed by atoms with Crippen LogP contribution < -0.4 is 10.6 Å². The molecule has 3 aromatic rings. The van der Waals surface area contributed by atoms with Gasteiger partial charge in [0.25, 0.3) is 0 Å². The van der Waals surface area contributed by atoms with Crippen LogP contribution in [0.4, 0.5) is 4.79 Å². The average molecular weight is 476 g/mol. The van der Waals surface area contributed by atoms with Crippen molar-refractivity contribution in [2.75, 3.05) is 5.75 Å². The van der Waals surface area contributed by atoms with Gasteiger partial charge in [0.1, 0.15) is 11.4 Å². The topological polar surface area (TPSA) is 96.9 Å². The lowest BCUT2D eigenvalue weighted by Crippen LogP contribution is -2.49. The van der Waals surface area contributed by atoms with Crippen molar-refractivity contribution in [1.29, 1.82) is 0 Å². The number of carbonyl (C=O) groups excluding carboxylic acids is 2. The van der Waals surface area contributed by atoms with Gasteiger partial charge in [-0.2, -0.15) is 0 Å². The monoisotopic (exact) mass is 475 g/mol. The smallest absolute Gasteiger partial charge is 0.321 e. The van der Waals surface area contributed by atoms with Crippen LogP contribution in [0.1, 0.15) is 33.1 Å². The first-order valence-corrected chi connectivity index (χ1v) is 12.6. The van der Waals surface area contributed by atoms with E-state index in [4.69, 9.17) is 4.98 Å². The second-order valence-electron chi connectivity index (χ2n) is 8.71. The van der Waals surface area contributed by atoms with Gasteiger partial charge in [-0.3, -0.25) is 10.1 Å². The molecule has 1 heterocycles. The fourth-order valence-electron chi connectivity index (χ4n) is 4.24.